The van der Waals surface area contributed by atoms with E-state index in [1.54, 1.807) is 0 Å². The zero-order valence-electron chi connectivity index (χ0n) is 9.09. The molecule has 0 bridgehead atoms. The number of nitrogens with zero attached hydrogens (tertiary/aromatic N) is 1. The van der Waals surface area contributed by atoms with Crippen molar-refractivity contribution in [1.29, 1.82) is 0 Å². The van der Waals surface area contributed by atoms with E-state index in [0.29, 0.717) is 0 Å². The van der Waals surface area contributed by atoms with Gasteiger partial charge in [-0.2, -0.15) is 0 Å². The summed E-state index contributed by atoms with van der Waals surface area (Å²) in [6, 6.07) is 6.11. The number of nitrogens with one attached hydrogen (secondary N) is 1. The highest BCUT2D eigenvalue weighted by molar-refractivity contribution is 6.33. The van der Waals surface area contributed by atoms with E-state index in [1.165, 1.54) is 17.7 Å². The van der Waals surface area contributed by atoms with Crippen LogP contribution in [0.25, 0.3) is 0 Å². The summed E-state index contributed by atoms with van der Waals surface area (Å²) in [5.74, 6) is 0. The van der Waals surface area contributed by atoms with E-state index in [9.17, 15) is 0 Å². The Balaban J connectivity index is 2.26. The SMILES string of the molecule is Cc1cccc(Cl)c1N1CCCNCC1. The fourth-order valence-corrected chi connectivity index (χ4v) is 2.43. The molecule has 0 saturated carbocycles. The van der Waals surface area contributed by atoms with E-state index in [1.807, 2.05) is 12.1 Å². The highest BCUT2D eigenvalue weighted by atomic mass is 35.5. The van der Waals surface area contributed by atoms with Gasteiger partial charge in [-0.1, -0.05) is 23.7 Å². The molecule has 1 aliphatic heterocycles. The summed E-state index contributed by atoms with van der Waals surface area (Å²) in [5, 5.41) is 4.27. The fourth-order valence-electron chi connectivity index (χ4n) is 2.09. The molecule has 1 heterocycles. The van der Waals surface area contributed by atoms with Gasteiger partial charge in [-0.3, -0.25) is 0 Å². The van der Waals surface area contributed by atoms with Crippen LogP contribution >= 0.6 is 11.6 Å². The Hall–Kier alpha value is -0.730. The highest BCUT2D eigenvalue weighted by Crippen LogP contribution is 2.29. The molecule has 0 unspecified atom stereocenters. The maximum Gasteiger partial charge on any atom is 0.0642 e. The van der Waals surface area contributed by atoms with E-state index >= 15 is 0 Å². The number of rotatable bonds is 1. The highest BCUT2D eigenvalue weighted by Gasteiger charge is 2.14. The van der Waals surface area contributed by atoms with Crippen LogP contribution in [0.5, 0.6) is 0 Å². The van der Waals surface area contributed by atoms with Gasteiger partial charge in [0.2, 0.25) is 0 Å². The van der Waals surface area contributed by atoms with E-state index < -0.39 is 0 Å². The molecule has 3 heteroatoms. The monoisotopic (exact) mass is 224 g/mol. The smallest absolute Gasteiger partial charge is 0.0642 e. The van der Waals surface area contributed by atoms with Gasteiger partial charge in [0, 0.05) is 19.6 Å². The Bertz CT molecular complexity index is 310. The van der Waals surface area contributed by atoms with E-state index in [-0.39, 0.29) is 0 Å². The predicted octanol–water partition coefficient (Wildman–Crippen LogP) is 2.45. The Labute approximate surface area is 96.2 Å². The second kappa shape index (κ2) is 4.86. The molecule has 2 nitrogen and oxygen atoms in total. The third-order valence-electron chi connectivity index (χ3n) is 2.84. The first kappa shape index (κ1) is 10.8. The van der Waals surface area contributed by atoms with Crippen LogP contribution in [0.15, 0.2) is 18.2 Å². The number of anilines is 1. The van der Waals surface area contributed by atoms with Crippen molar-refractivity contribution < 1.29 is 0 Å². The molecule has 82 valence electrons. The molecule has 1 N–H and O–H groups in total. The van der Waals surface area contributed by atoms with Crippen molar-refractivity contribution in [2.24, 2.45) is 0 Å². The number of benzene rings is 1. The second-order valence-electron chi connectivity index (χ2n) is 4.00. The Kier molecular flexibility index (Phi) is 3.49. The lowest BCUT2D eigenvalue weighted by atomic mass is 10.1. The molecule has 1 aliphatic rings. The topological polar surface area (TPSA) is 15.3 Å². The van der Waals surface area contributed by atoms with E-state index in [2.05, 4.69) is 23.2 Å². The molecule has 1 saturated heterocycles. The number of para-hydroxylation sites is 1. The third kappa shape index (κ3) is 2.44. The summed E-state index contributed by atoms with van der Waals surface area (Å²) in [5.41, 5.74) is 2.48. The van der Waals surface area contributed by atoms with Gasteiger partial charge in [0.25, 0.3) is 0 Å². The summed E-state index contributed by atoms with van der Waals surface area (Å²) < 4.78 is 0. The quantitative estimate of drug-likeness (QED) is 0.789. The first-order chi connectivity index (χ1) is 7.29. The maximum atomic E-state index is 6.25. The zero-order chi connectivity index (χ0) is 10.7. The summed E-state index contributed by atoms with van der Waals surface area (Å²) in [4.78, 5) is 2.39. The van der Waals surface area contributed by atoms with E-state index in [0.717, 1.165) is 31.2 Å². The minimum absolute atomic E-state index is 0.872. The number of halogens is 1. The molecular weight excluding hydrogens is 208 g/mol. The molecule has 15 heavy (non-hydrogen) atoms. The van der Waals surface area contributed by atoms with Gasteiger partial charge in [0.15, 0.2) is 0 Å². The van der Waals surface area contributed by atoms with Gasteiger partial charge in [0.05, 0.1) is 10.7 Å². The largest absolute Gasteiger partial charge is 0.369 e. The summed E-state index contributed by atoms with van der Waals surface area (Å²) in [6.07, 6.45) is 1.19. The molecule has 0 aromatic heterocycles. The van der Waals surface area contributed by atoms with Crippen LogP contribution in [0.2, 0.25) is 5.02 Å². The molecule has 2 rings (SSSR count). The summed E-state index contributed by atoms with van der Waals surface area (Å²) in [6.45, 7) is 6.42. The normalized spacial score (nSPS) is 17.6. The van der Waals surface area contributed by atoms with Crippen molar-refractivity contribution in [3.05, 3.63) is 28.8 Å². The average Bonchev–Trinajstić information content (AvgIpc) is 2.46. The fraction of sp³-hybridized carbons (Fsp3) is 0.500. The average molecular weight is 225 g/mol. The molecule has 0 radical (unpaired) electrons. The molecular formula is C12H17ClN2. The lowest BCUT2D eigenvalue weighted by Gasteiger charge is -2.25. The molecule has 0 aliphatic carbocycles. The predicted molar refractivity (Wildman–Crippen MR) is 65.9 cm³/mol. The van der Waals surface area contributed by atoms with Gasteiger partial charge < -0.3 is 10.2 Å². The van der Waals surface area contributed by atoms with Crippen molar-refractivity contribution in [2.75, 3.05) is 31.1 Å². The number of aryl methyl sites for hydroxylation is 1. The van der Waals surface area contributed by atoms with Crippen molar-refractivity contribution in [3.63, 3.8) is 0 Å². The minimum Gasteiger partial charge on any atom is -0.369 e. The first-order valence-corrected chi connectivity index (χ1v) is 5.87. The van der Waals surface area contributed by atoms with Gasteiger partial charge in [0.1, 0.15) is 0 Å². The first-order valence-electron chi connectivity index (χ1n) is 5.50. The van der Waals surface area contributed by atoms with E-state index in [4.69, 9.17) is 11.6 Å². The zero-order valence-corrected chi connectivity index (χ0v) is 9.85. The van der Waals surface area contributed by atoms with Crippen molar-refractivity contribution in [1.82, 2.24) is 5.32 Å². The second-order valence-corrected chi connectivity index (χ2v) is 4.40. The molecule has 0 atom stereocenters. The van der Waals surface area contributed by atoms with Crippen LogP contribution in [0.1, 0.15) is 12.0 Å². The number of hydrogen-bond donors (Lipinski definition) is 1. The van der Waals surface area contributed by atoms with Gasteiger partial charge >= 0.3 is 0 Å². The van der Waals surface area contributed by atoms with Crippen LogP contribution in [-0.4, -0.2) is 26.2 Å². The lowest BCUT2D eigenvalue weighted by molar-refractivity contribution is 0.724. The Morgan fingerprint density at radius 1 is 1.27 bits per heavy atom. The minimum atomic E-state index is 0.872. The van der Waals surface area contributed by atoms with Crippen LogP contribution < -0.4 is 10.2 Å². The molecule has 1 fully saturated rings. The third-order valence-corrected chi connectivity index (χ3v) is 3.15. The van der Waals surface area contributed by atoms with Crippen LogP contribution in [-0.2, 0) is 0 Å². The van der Waals surface area contributed by atoms with Crippen molar-refractivity contribution in [3.8, 4) is 0 Å². The van der Waals surface area contributed by atoms with Gasteiger partial charge in [-0.15, -0.1) is 0 Å². The van der Waals surface area contributed by atoms with Crippen LogP contribution in [0.3, 0.4) is 0 Å². The van der Waals surface area contributed by atoms with Gasteiger partial charge in [-0.05, 0) is 31.5 Å². The van der Waals surface area contributed by atoms with Gasteiger partial charge in [-0.25, -0.2) is 0 Å². The standard InChI is InChI=1S/C12H17ClN2/c1-10-4-2-5-11(13)12(10)15-8-3-6-14-7-9-15/h2,4-5,14H,3,6-9H2,1H3. The Morgan fingerprint density at radius 2 is 2.13 bits per heavy atom. The maximum absolute atomic E-state index is 6.25. The van der Waals surface area contributed by atoms with Crippen LogP contribution in [0, 0.1) is 6.92 Å². The summed E-state index contributed by atoms with van der Waals surface area (Å²) >= 11 is 6.25. The van der Waals surface area contributed by atoms with Crippen LogP contribution in [0.4, 0.5) is 5.69 Å². The molecule has 1 aromatic carbocycles. The Morgan fingerprint density at radius 3 is 2.93 bits per heavy atom. The van der Waals surface area contributed by atoms with Crippen molar-refractivity contribution >= 4 is 17.3 Å². The molecule has 0 amide bonds. The molecule has 1 aromatic rings. The molecule has 0 spiro atoms. The lowest BCUT2D eigenvalue weighted by Crippen LogP contribution is -2.28. The number of hydrogen-bond acceptors (Lipinski definition) is 2. The summed E-state index contributed by atoms with van der Waals surface area (Å²) in [7, 11) is 0. The van der Waals surface area contributed by atoms with Crippen molar-refractivity contribution in [2.45, 2.75) is 13.3 Å².